The molecule has 0 bridgehead atoms. The number of nitrogens with zero attached hydrogens (tertiary/aromatic N) is 3. The van der Waals surface area contributed by atoms with Crippen molar-refractivity contribution in [3.8, 4) is 5.75 Å². The number of thioether (sulfide) groups is 1. The van der Waals surface area contributed by atoms with Gasteiger partial charge in [-0.2, -0.15) is 0 Å². The fraction of sp³-hybridized carbons (Fsp3) is 0.261. The molecule has 0 unspecified atom stereocenters. The monoisotopic (exact) mass is 440 g/mol. The van der Waals surface area contributed by atoms with Crippen molar-refractivity contribution in [3.63, 3.8) is 0 Å². The molecular weight excluding hydrogens is 415 g/mol. The van der Waals surface area contributed by atoms with Gasteiger partial charge in [0, 0.05) is 6.54 Å². The lowest BCUT2D eigenvalue weighted by Gasteiger charge is -2.10. The molecule has 0 aliphatic rings. The topological polar surface area (TPSA) is 69.0 Å². The Kier molecular flexibility index (Phi) is 7.83. The minimum Gasteiger partial charge on any atom is -0.486 e. The fourth-order valence-corrected chi connectivity index (χ4v) is 3.59. The SMILES string of the molecule is C=CCn1c(COc2ccc(C(C)C)cc2)nnc1SCC(=O)Nc1ccccc1F. The quantitative estimate of drug-likeness (QED) is 0.353. The second-order valence-electron chi connectivity index (χ2n) is 7.13. The van der Waals surface area contributed by atoms with Crippen LogP contribution >= 0.6 is 11.8 Å². The van der Waals surface area contributed by atoms with Crippen molar-refractivity contribution in [2.24, 2.45) is 0 Å². The predicted molar refractivity (Wildman–Crippen MR) is 121 cm³/mol. The zero-order chi connectivity index (χ0) is 22.2. The van der Waals surface area contributed by atoms with Gasteiger partial charge in [0.05, 0.1) is 11.4 Å². The average molecular weight is 441 g/mol. The molecule has 1 aromatic heterocycles. The van der Waals surface area contributed by atoms with Crippen molar-refractivity contribution in [3.05, 3.63) is 78.4 Å². The van der Waals surface area contributed by atoms with E-state index in [1.807, 2.05) is 28.8 Å². The van der Waals surface area contributed by atoms with Crippen molar-refractivity contribution in [1.82, 2.24) is 14.8 Å². The van der Waals surface area contributed by atoms with E-state index in [-0.39, 0.29) is 24.0 Å². The Balaban J connectivity index is 1.61. The average Bonchev–Trinajstić information content (AvgIpc) is 3.14. The molecule has 1 amide bonds. The first kappa shape index (κ1) is 22.6. The number of hydrogen-bond donors (Lipinski definition) is 1. The van der Waals surface area contributed by atoms with Gasteiger partial charge in [0.15, 0.2) is 11.0 Å². The van der Waals surface area contributed by atoms with E-state index in [0.29, 0.717) is 23.4 Å². The number of para-hydroxylation sites is 1. The number of anilines is 1. The second kappa shape index (κ2) is 10.8. The molecule has 162 valence electrons. The Bertz CT molecular complexity index is 1030. The van der Waals surface area contributed by atoms with E-state index in [2.05, 4.69) is 35.9 Å². The molecule has 0 saturated carbocycles. The Hall–Kier alpha value is -3.13. The predicted octanol–water partition coefficient (Wildman–Crippen LogP) is 5.04. The maximum atomic E-state index is 13.7. The lowest BCUT2D eigenvalue weighted by Crippen LogP contribution is -2.15. The summed E-state index contributed by atoms with van der Waals surface area (Å²) in [5, 5.41) is 11.5. The van der Waals surface area contributed by atoms with E-state index in [0.717, 1.165) is 5.75 Å². The molecule has 0 spiro atoms. The molecule has 1 N–H and O–H groups in total. The number of rotatable bonds is 10. The highest BCUT2D eigenvalue weighted by molar-refractivity contribution is 7.99. The highest BCUT2D eigenvalue weighted by Gasteiger charge is 2.15. The van der Waals surface area contributed by atoms with Crippen LogP contribution in [-0.4, -0.2) is 26.4 Å². The van der Waals surface area contributed by atoms with E-state index in [1.54, 1.807) is 18.2 Å². The molecule has 3 rings (SSSR count). The van der Waals surface area contributed by atoms with Crippen molar-refractivity contribution in [2.45, 2.75) is 38.1 Å². The first-order valence-electron chi connectivity index (χ1n) is 9.91. The van der Waals surface area contributed by atoms with Gasteiger partial charge < -0.3 is 10.1 Å². The van der Waals surface area contributed by atoms with Crippen LogP contribution in [0.1, 0.15) is 31.2 Å². The first-order valence-corrected chi connectivity index (χ1v) is 10.9. The molecule has 2 aromatic carbocycles. The Morgan fingerprint density at radius 2 is 1.97 bits per heavy atom. The third kappa shape index (κ3) is 6.18. The Morgan fingerprint density at radius 1 is 1.23 bits per heavy atom. The third-order valence-corrected chi connectivity index (χ3v) is 5.47. The van der Waals surface area contributed by atoms with Crippen LogP contribution < -0.4 is 10.1 Å². The molecule has 0 radical (unpaired) electrons. The zero-order valence-corrected chi connectivity index (χ0v) is 18.4. The Morgan fingerprint density at radius 3 is 2.65 bits per heavy atom. The van der Waals surface area contributed by atoms with Crippen molar-refractivity contribution < 1.29 is 13.9 Å². The molecule has 31 heavy (non-hydrogen) atoms. The molecule has 0 fully saturated rings. The summed E-state index contributed by atoms with van der Waals surface area (Å²) < 4.78 is 21.4. The van der Waals surface area contributed by atoms with E-state index in [1.165, 1.54) is 29.5 Å². The molecule has 0 aliphatic carbocycles. The van der Waals surface area contributed by atoms with Gasteiger partial charge in [-0.25, -0.2) is 4.39 Å². The second-order valence-corrected chi connectivity index (χ2v) is 8.07. The van der Waals surface area contributed by atoms with Gasteiger partial charge in [0.1, 0.15) is 18.2 Å². The van der Waals surface area contributed by atoms with Crippen LogP contribution in [0, 0.1) is 5.82 Å². The summed E-state index contributed by atoms with van der Waals surface area (Å²) in [6.45, 7) is 8.78. The van der Waals surface area contributed by atoms with Crippen LogP contribution in [0.25, 0.3) is 0 Å². The van der Waals surface area contributed by atoms with Crippen LogP contribution in [-0.2, 0) is 17.9 Å². The van der Waals surface area contributed by atoms with E-state index < -0.39 is 5.82 Å². The van der Waals surface area contributed by atoms with Gasteiger partial charge >= 0.3 is 0 Å². The maximum Gasteiger partial charge on any atom is 0.234 e. The van der Waals surface area contributed by atoms with Crippen LogP contribution in [0.5, 0.6) is 5.75 Å². The molecule has 0 saturated heterocycles. The molecule has 8 heteroatoms. The standard InChI is InChI=1S/C23H25FN4O2S/c1-4-13-28-21(14-30-18-11-9-17(10-12-18)16(2)3)26-27-23(28)31-15-22(29)25-20-8-6-5-7-19(20)24/h4-12,16H,1,13-15H2,2-3H3,(H,25,29). The lowest BCUT2D eigenvalue weighted by atomic mass is 10.0. The Labute approximate surface area is 185 Å². The van der Waals surface area contributed by atoms with Crippen molar-refractivity contribution >= 4 is 23.4 Å². The maximum absolute atomic E-state index is 13.7. The molecule has 1 heterocycles. The number of hydrogen-bond acceptors (Lipinski definition) is 5. The largest absolute Gasteiger partial charge is 0.486 e. The smallest absolute Gasteiger partial charge is 0.234 e. The van der Waals surface area contributed by atoms with E-state index >= 15 is 0 Å². The normalized spacial score (nSPS) is 10.8. The number of halogens is 1. The van der Waals surface area contributed by atoms with Gasteiger partial charge in [0.25, 0.3) is 0 Å². The number of carbonyl (C=O) groups is 1. The number of ether oxygens (including phenoxy) is 1. The van der Waals surface area contributed by atoms with Gasteiger partial charge in [-0.3, -0.25) is 9.36 Å². The highest BCUT2D eigenvalue weighted by Crippen LogP contribution is 2.22. The van der Waals surface area contributed by atoms with Crippen LogP contribution in [0.2, 0.25) is 0 Å². The molecular formula is C23H25FN4O2S. The van der Waals surface area contributed by atoms with Gasteiger partial charge in [-0.05, 0) is 35.7 Å². The third-order valence-electron chi connectivity index (χ3n) is 4.50. The number of amides is 1. The minimum atomic E-state index is -0.475. The number of aromatic nitrogens is 3. The summed E-state index contributed by atoms with van der Waals surface area (Å²) in [5.74, 6) is 1.10. The fourth-order valence-electron chi connectivity index (χ4n) is 2.82. The van der Waals surface area contributed by atoms with Crippen molar-refractivity contribution in [2.75, 3.05) is 11.1 Å². The first-order chi connectivity index (χ1) is 15.0. The molecule has 6 nitrogen and oxygen atoms in total. The zero-order valence-electron chi connectivity index (χ0n) is 17.5. The summed E-state index contributed by atoms with van der Waals surface area (Å²) in [4.78, 5) is 12.2. The minimum absolute atomic E-state index is 0.0706. The highest BCUT2D eigenvalue weighted by atomic mass is 32.2. The number of allylic oxidation sites excluding steroid dienone is 1. The molecule has 0 atom stereocenters. The lowest BCUT2D eigenvalue weighted by molar-refractivity contribution is -0.113. The number of nitrogens with one attached hydrogen (secondary N) is 1. The molecule has 3 aromatic rings. The number of benzene rings is 2. The van der Waals surface area contributed by atoms with Crippen LogP contribution in [0.3, 0.4) is 0 Å². The summed E-state index contributed by atoms with van der Waals surface area (Å²) in [5.41, 5.74) is 1.40. The summed E-state index contributed by atoms with van der Waals surface area (Å²) in [6, 6.07) is 14.0. The summed E-state index contributed by atoms with van der Waals surface area (Å²) in [6.07, 6.45) is 1.73. The van der Waals surface area contributed by atoms with E-state index in [4.69, 9.17) is 4.74 Å². The van der Waals surface area contributed by atoms with Gasteiger partial charge in [0.2, 0.25) is 5.91 Å². The van der Waals surface area contributed by atoms with Gasteiger partial charge in [-0.1, -0.05) is 56.0 Å². The summed E-state index contributed by atoms with van der Waals surface area (Å²) >= 11 is 1.22. The van der Waals surface area contributed by atoms with Gasteiger partial charge in [-0.15, -0.1) is 16.8 Å². The van der Waals surface area contributed by atoms with Crippen LogP contribution in [0.15, 0.2) is 66.3 Å². The molecule has 0 aliphatic heterocycles. The number of carbonyl (C=O) groups excluding carboxylic acids is 1. The summed E-state index contributed by atoms with van der Waals surface area (Å²) in [7, 11) is 0. The van der Waals surface area contributed by atoms with Crippen molar-refractivity contribution in [1.29, 1.82) is 0 Å². The van der Waals surface area contributed by atoms with Crippen LogP contribution in [0.4, 0.5) is 10.1 Å². The van der Waals surface area contributed by atoms with E-state index in [9.17, 15) is 9.18 Å².